The number of hydrogen-bond acceptors (Lipinski definition) is 10. The molecule has 234 valence electrons. The third-order valence-corrected chi connectivity index (χ3v) is 8.19. The predicted octanol–water partition coefficient (Wildman–Crippen LogP) is 6.62. The maximum Gasteiger partial charge on any atom is 0.350 e. The van der Waals surface area contributed by atoms with Crippen LogP contribution >= 0.6 is 11.3 Å². The van der Waals surface area contributed by atoms with Crippen LogP contribution in [-0.4, -0.2) is 54.7 Å². The summed E-state index contributed by atoms with van der Waals surface area (Å²) in [5, 5.41) is 11.7. The fourth-order valence-electron chi connectivity index (χ4n) is 4.72. The maximum atomic E-state index is 13.7. The average molecular weight is 623 g/mol. The molecule has 1 aromatic heterocycles. The molecular formula is C33H38N2O8S. The summed E-state index contributed by atoms with van der Waals surface area (Å²) in [7, 11) is 1.50. The molecule has 1 N–H and O–H groups in total. The van der Waals surface area contributed by atoms with Gasteiger partial charge < -0.3 is 24.1 Å². The Balaban J connectivity index is 1.84. The molecule has 0 radical (unpaired) electrons. The zero-order valence-corrected chi connectivity index (χ0v) is 26.5. The third-order valence-electron chi connectivity index (χ3n) is 7.05. The molecule has 2 aromatic carbocycles. The van der Waals surface area contributed by atoms with Gasteiger partial charge in [0.05, 0.1) is 44.2 Å². The third kappa shape index (κ3) is 6.88. The summed E-state index contributed by atoms with van der Waals surface area (Å²) in [6, 6.07) is 10.7. The lowest BCUT2D eigenvalue weighted by molar-refractivity contribution is -0.132. The van der Waals surface area contributed by atoms with E-state index in [9.17, 15) is 19.5 Å². The number of aromatic nitrogens is 1. The number of methoxy groups -OCH3 is 1. The van der Waals surface area contributed by atoms with Crippen molar-refractivity contribution in [2.45, 2.75) is 59.4 Å². The monoisotopic (exact) mass is 622 g/mol. The van der Waals surface area contributed by atoms with Crippen LogP contribution < -0.4 is 19.1 Å². The van der Waals surface area contributed by atoms with Crippen LogP contribution in [0.2, 0.25) is 0 Å². The summed E-state index contributed by atoms with van der Waals surface area (Å²) in [5.41, 5.74) is 1.06. The Kier molecular flexibility index (Phi) is 11.0. The van der Waals surface area contributed by atoms with Gasteiger partial charge in [-0.1, -0.05) is 44.1 Å². The van der Waals surface area contributed by atoms with E-state index in [-0.39, 0.29) is 27.9 Å². The second-order valence-electron chi connectivity index (χ2n) is 10.1. The zero-order chi connectivity index (χ0) is 31.8. The van der Waals surface area contributed by atoms with Gasteiger partial charge in [-0.25, -0.2) is 9.78 Å². The van der Waals surface area contributed by atoms with E-state index < -0.39 is 23.7 Å². The van der Waals surface area contributed by atoms with E-state index >= 15 is 0 Å². The van der Waals surface area contributed by atoms with Crippen molar-refractivity contribution in [2.75, 3.05) is 31.8 Å². The molecule has 0 bridgehead atoms. The van der Waals surface area contributed by atoms with E-state index in [4.69, 9.17) is 18.9 Å². The van der Waals surface area contributed by atoms with Gasteiger partial charge in [0.25, 0.3) is 5.78 Å². The van der Waals surface area contributed by atoms with E-state index in [1.54, 1.807) is 56.3 Å². The maximum absolute atomic E-state index is 13.7. The number of Topliss-reactive ketones (excluding diaryl/α,β-unsaturated/α-hetero) is 1. The molecule has 1 aliphatic heterocycles. The minimum Gasteiger partial charge on any atom is -0.507 e. The highest BCUT2D eigenvalue weighted by molar-refractivity contribution is 7.17. The van der Waals surface area contributed by atoms with E-state index in [1.165, 1.54) is 12.0 Å². The van der Waals surface area contributed by atoms with Crippen molar-refractivity contribution in [1.82, 2.24) is 4.98 Å². The normalized spacial score (nSPS) is 15.8. The SMILES string of the molecule is CCCCOc1ccc(C(O)=C2C(=O)C(=O)N(c3nc(C)c(C(=O)OCC)s3)C2c2ccc(OCCCC)c(OC)c2)cc1. The highest BCUT2D eigenvalue weighted by Gasteiger charge is 2.48. The first-order chi connectivity index (χ1) is 21.2. The fourth-order valence-corrected chi connectivity index (χ4v) is 5.70. The highest BCUT2D eigenvalue weighted by Crippen LogP contribution is 2.45. The summed E-state index contributed by atoms with van der Waals surface area (Å²) < 4.78 is 22.4. The van der Waals surface area contributed by atoms with Crippen LogP contribution in [0.15, 0.2) is 48.0 Å². The number of amides is 1. The fraction of sp³-hybridized carbons (Fsp3) is 0.394. The Hall–Kier alpha value is -4.38. The van der Waals surface area contributed by atoms with Crippen LogP contribution in [0.4, 0.5) is 5.13 Å². The number of nitrogens with zero attached hydrogens (tertiary/aromatic N) is 2. The minimum absolute atomic E-state index is 0.123. The van der Waals surface area contributed by atoms with Crippen LogP contribution in [0, 0.1) is 6.92 Å². The lowest BCUT2D eigenvalue weighted by atomic mass is 9.95. The predicted molar refractivity (Wildman–Crippen MR) is 168 cm³/mol. The molecule has 1 fully saturated rings. The van der Waals surface area contributed by atoms with Crippen LogP contribution in [0.5, 0.6) is 17.2 Å². The average Bonchev–Trinajstić information content (AvgIpc) is 3.53. The van der Waals surface area contributed by atoms with Crippen LogP contribution in [0.1, 0.15) is 79.0 Å². The molecule has 0 spiro atoms. The van der Waals surface area contributed by atoms with E-state index in [0.717, 1.165) is 37.0 Å². The number of rotatable bonds is 14. The van der Waals surface area contributed by atoms with Gasteiger partial charge in [-0.05, 0) is 68.7 Å². The highest BCUT2D eigenvalue weighted by atomic mass is 32.1. The summed E-state index contributed by atoms with van der Waals surface area (Å²) in [6.07, 6.45) is 3.72. The first-order valence-electron chi connectivity index (χ1n) is 14.7. The molecule has 1 aliphatic rings. The summed E-state index contributed by atoms with van der Waals surface area (Å²) in [6.45, 7) is 8.70. The number of carbonyl (C=O) groups is 3. The Morgan fingerprint density at radius 3 is 2.30 bits per heavy atom. The number of thiazole rings is 1. The van der Waals surface area contributed by atoms with Gasteiger partial charge in [0.2, 0.25) is 0 Å². The van der Waals surface area contributed by atoms with Crippen molar-refractivity contribution in [3.05, 3.63) is 69.7 Å². The Labute approximate surface area is 261 Å². The number of esters is 1. The van der Waals surface area contributed by atoms with Crippen LogP contribution in [0.25, 0.3) is 5.76 Å². The molecule has 1 unspecified atom stereocenters. The molecule has 44 heavy (non-hydrogen) atoms. The second-order valence-corrected chi connectivity index (χ2v) is 11.1. The standard InChI is InChI=1S/C33H38N2O8S/c1-6-9-17-42-23-14-11-21(12-15-23)28(36)26-27(22-13-16-24(25(19-22)40-5)43-18-10-7-2)35(31(38)29(26)37)33-34-20(4)30(44-33)32(39)41-8-3/h11-16,19,27,36H,6-10,17-18H2,1-5H3. The number of ketones is 1. The molecule has 3 aromatic rings. The Morgan fingerprint density at radius 2 is 1.66 bits per heavy atom. The van der Waals surface area contributed by atoms with Gasteiger partial charge in [0, 0.05) is 5.56 Å². The number of unbranched alkanes of at least 4 members (excludes halogenated alkanes) is 2. The van der Waals surface area contributed by atoms with Crippen molar-refractivity contribution in [3.8, 4) is 17.2 Å². The van der Waals surface area contributed by atoms with Gasteiger partial charge in [-0.3, -0.25) is 14.5 Å². The molecule has 11 heteroatoms. The topological polar surface area (TPSA) is 124 Å². The summed E-state index contributed by atoms with van der Waals surface area (Å²) in [4.78, 5) is 45.8. The van der Waals surface area contributed by atoms with Crippen LogP contribution in [-0.2, 0) is 14.3 Å². The van der Waals surface area contributed by atoms with Crippen molar-refractivity contribution in [2.24, 2.45) is 0 Å². The lowest BCUT2D eigenvalue weighted by Crippen LogP contribution is -2.29. The van der Waals surface area contributed by atoms with Crippen molar-refractivity contribution in [3.63, 3.8) is 0 Å². The Morgan fingerprint density at radius 1 is 0.977 bits per heavy atom. The molecule has 0 aliphatic carbocycles. The Bertz CT molecular complexity index is 1530. The first kappa shape index (κ1) is 32.5. The van der Waals surface area contributed by atoms with E-state index in [0.29, 0.717) is 47.3 Å². The van der Waals surface area contributed by atoms with Gasteiger partial charge in [-0.15, -0.1) is 0 Å². The van der Waals surface area contributed by atoms with E-state index in [2.05, 4.69) is 18.8 Å². The summed E-state index contributed by atoms with van der Waals surface area (Å²) in [5.74, 6) is -1.16. The quantitative estimate of drug-likeness (QED) is 0.0694. The minimum atomic E-state index is -1.07. The molecular weight excluding hydrogens is 584 g/mol. The molecule has 1 atom stereocenters. The number of aliphatic hydroxyl groups is 1. The molecule has 1 amide bonds. The van der Waals surface area contributed by atoms with Crippen molar-refractivity contribution in [1.29, 1.82) is 0 Å². The molecule has 1 saturated heterocycles. The number of aliphatic hydroxyl groups excluding tert-OH is 1. The van der Waals surface area contributed by atoms with Gasteiger partial charge in [-0.2, -0.15) is 0 Å². The van der Waals surface area contributed by atoms with Crippen molar-refractivity contribution < 1.29 is 38.4 Å². The zero-order valence-electron chi connectivity index (χ0n) is 25.7. The number of aryl methyl sites for hydroxylation is 1. The smallest absolute Gasteiger partial charge is 0.350 e. The number of anilines is 1. The second kappa shape index (κ2) is 14.9. The van der Waals surface area contributed by atoms with Gasteiger partial charge in [0.1, 0.15) is 16.4 Å². The number of ether oxygens (including phenoxy) is 4. The van der Waals surface area contributed by atoms with Crippen molar-refractivity contribution >= 4 is 39.9 Å². The lowest BCUT2D eigenvalue weighted by Gasteiger charge is -2.24. The van der Waals surface area contributed by atoms with E-state index in [1.807, 2.05) is 0 Å². The number of benzene rings is 2. The van der Waals surface area contributed by atoms with Gasteiger partial charge in [0.15, 0.2) is 16.6 Å². The molecule has 0 saturated carbocycles. The molecule has 4 rings (SSSR count). The summed E-state index contributed by atoms with van der Waals surface area (Å²) >= 11 is 0.947. The van der Waals surface area contributed by atoms with Gasteiger partial charge >= 0.3 is 11.9 Å². The molecule has 10 nitrogen and oxygen atoms in total. The largest absolute Gasteiger partial charge is 0.507 e. The first-order valence-corrected chi connectivity index (χ1v) is 15.6. The number of hydrogen-bond donors (Lipinski definition) is 1. The van der Waals surface area contributed by atoms with Crippen LogP contribution in [0.3, 0.4) is 0 Å². The molecule has 2 heterocycles. The number of carbonyl (C=O) groups excluding carboxylic acids is 3.